The third kappa shape index (κ3) is 3.43. The van der Waals surface area contributed by atoms with Crippen LogP contribution >= 0.6 is 0 Å². The van der Waals surface area contributed by atoms with Gasteiger partial charge in [0.05, 0.1) is 0 Å². The van der Waals surface area contributed by atoms with Crippen molar-refractivity contribution < 1.29 is 13.2 Å². The van der Waals surface area contributed by atoms with Crippen LogP contribution in [0.15, 0.2) is 29.4 Å². The molecule has 1 aromatic rings. The zero-order valence-corrected chi connectivity index (χ0v) is 15.7. The van der Waals surface area contributed by atoms with E-state index < -0.39 is 10.0 Å². The van der Waals surface area contributed by atoms with Gasteiger partial charge in [0, 0.05) is 57.1 Å². The van der Waals surface area contributed by atoms with E-state index in [0.717, 1.165) is 6.42 Å². The molecule has 0 aliphatic carbocycles. The minimum absolute atomic E-state index is 0.167. The first-order chi connectivity index (χ1) is 11.9. The Morgan fingerprint density at radius 1 is 1.24 bits per heavy atom. The van der Waals surface area contributed by atoms with Crippen LogP contribution in [0.3, 0.4) is 0 Å². The van der Waals surface area contributed by atoms with E-state index in [9.17, 15) is 13.2 Å². The molecule has 0 aromatic carbocycles. The number of hydrogen-bond acceptors (Lipinski definition) is 5. The Morgan fingerprint density at radius 2 is 2.04 bits per heavy atom. The number of hydrogen-bond donors (Lipinski definition) is 0. The van der Waals surface area contributed by atoms with E-state index in [4.69, 9.17) is 0 Å². The summed E-state index contributed by atoms with van der Waals surface area (Å²) in [5, 5.41) is 0. The number of piperazine rings is 1. The Labute approximate surface area is 149 Å². The average Bonchev–Trinajstić information content (AvgIpc) is 2.78. The number of pyridine rings is 1. The molecule has 8 heteroatoms. The maximum Gasteiger partial charge on any atom is 0.244 e. The molecule has 3 rings (SSSR count). The fourth-order valence-corrected chi connectivity index (χ4v) is 5.32. The van der Waals surface area contributed by atoms with Crippen molar-refractivity contribution in [3.63, 3.8) is 0 Å². The van der Waals surface area contributed by atoms with Gasteiger partial charge in [0.1, 0.15) is 4.90 Å². The van der Waals surface area contributed by atoms with Crippen LogP contribution in [0.1, 0.15) is 26.2 Å². The minimum atomic E-state index is -3.56. The predicted octanol–water partition coefficient (Wildman–Crippen LogP) is 0.789. The second kappa shape index (κ2) is 7.01. The number of aromatic nitrogens is 1. The molecule has 0 bridgehead atoms. The Balaban J connectivity index is 1.86. The number of carbonyl (C=O) groups excluding carboxylic acids is 1. The third-order valence-electron chi connectivity index (χ3n) is 5.62. The number of likely N-dealkylation sites (N-methyl/N-ethyl adjacent to an activating group) is 1. The van der Waals surface area contributed by atoms with Gasteiger partial charge in [-0.3, -0.25) is 14.7 Å². The van der Waals surface area contributed by atoms with E-state index in [-0.39, 0.29) is 16.3 Å². The fraction of sp³-hybridized carbons (Fsp3) is 0.647. The lowest BCUT2D eigenvalue weighted by Crippen LogP contribution is -2.62. The normalized spacial score (nSPS) is 26.8. The van der Waals surface area contributed by atoms with Gasteiger partial charge in [0.2, 0.25) is 15.9 Å². The Hall–Kier alpha value is -1.51. The van der Waals surface area contributed by atoms with Gasteiger partial charge in [0.15, 0.2) is 0 Å². The number of amides is 1. The molecule has 7 nitrogen and oxygen atoms in total. The van der Waals surface area contributed by atoms with Gasteiger partial charge < -0.3 is 4.90 Å². The molecule has 0 saturated carbocycles. The quantitative estimate of drug-likeness (QED) is 0.791. The number of nitrogens with zero attached hydrogens (tertiary/aromatic N) is 4. The van der Waals surface area contributed by atoms with Crippen molar-refractivity contribution in [1.82, 2.24) is 19.1 Å². The first kappa shape index (κ1) is 18.3. The van der Waals surface area contributed by atoms with Crippen LogP contribution in [0, 0.1) is 0 Å². The zero-order chi connectivity index (χ0) is 18.1. The van der Waals surface area contributed by atoms with Crippen LogP contribution in [0.25, 0.3) is 0 Å². The van der Waals surface area contributed by atoms with E-state index in [2.05, 4.69) is 9.88 Å². The van der Waals surface area contributed by atoms with Gasteiger partial charge in [-0.05, 0) is 38.9 Å². The lowest BCUT2D eigenvalue weighted by Gasteiger charge is -2.48. The molecule has 1 atom stereocenters. The number of rotatable bonds is 3. The summed E-state index contributed by atoms with van der Waals surface area (Å²) >= 11 is 0. The van der Waals surface area contributed by atoms with Crippen LogP contribution in [0.4, 0.5) is 0 Å². The number of sulfonamides is 1. The van der Waals surface area contributed by atoms with Gasteiger partial charge >= 0.3 is 0 Å². The Kier molecular flexibility index (Phi) is 5.13. The molecular weight excluding hydrogens is 340 g/mol. The second-order valence-electron chi connectivity index (χ2n) is 6.90. The second-order valence-corrected chi connectivity index (χ2v) is 8.83. The highest BCUT2D eigenvalue weighted by atomic mass is 32.2. The van der Waals surface area contributed by atoms with Gasteiger partial charge in [0.25, 0.3) is 0 Å². The van der Waals surface area contributed by atoms with Crippen LogP contribution in [0.2, 0.25) is 0 Å². The van der Waals surface area contributed by atoms with Crippen molar-refractivity contribution in [2.45, 2.75) is 36.6 Å². The third-order valence-corrected chi connectivity index (χ3v) is 7.45. The summed E-state index contributed by atoms with van der Waals surface area (Å²) in [6.45, 7) is 4.92. The molecule has 25 heavy (non-hydrogen) atoms. The zero-order valence-electron chi connectivity index (χ0n) is 14.9. The first-order valence-corrected chi connectivity index (χ1v) is 10.2. The molecule has 138 valence electrons. The Morgan fingerprint density at radius 3 is 2.72 bits per heavy atom. The first-order valence-electron chi connectivity index (χ1n) is 8.78. The molecule has 0 unspecified atom stereocenters. The molecule has 1 amide bonds. The molecule has 2 saturated heterocycles. The summed E-state index contributed by atoms with van der Waals surface area (Å²) in [5.74, 6) is 0.167. The summed E-state index contributed by atoms with van der Waals surface area (Å²) in [6, 6.07) is 3.23. The standard InChI is InChI=1S/C17H26N4O3S/c1-3-20-10-8-17(7-6-16(20)22)14-21(12-11-19(17)2)25(23,24)15-5-4-9-18-13-15/h4-5,9,13H,3,6-8,10-12,14H2,1-2H3/t17-/m0/s1. The lowest BCUT2D eigenvalue weighted by atomic mass is 9.87. The van der Waals surface area contributed by atoms with Gasteiger partial charge in [-0.1, -0.05) is 0 Å². The molecule has 2 aliphatic heterocycles. The lowest BCUT2D eigenvalue weighted by molar-refractivity contribution is -0.130. The highest BCUT2D eigenvalue weighted by molar-refractivity contribution is 7.89. The molecular formula is C17H26N4O3S. The number of carbonyl (C=O) groups is 1. The van der Waals surface area contributed by atoms with Crippen LogP contribution in [-0.2, 0) is 14.8 Å². The summed E-state index contributed by atoms with van der Waals surface area (Å²) in [7, 11) is -1.52. The van der Waals surface area contributed by atoms with Crippen molar-refractivity contribution >= 4 is 15.9 Å². The van der Waals surface area contributed by atoms with Crippen molar-refractivity contribution in [2.24, 2.45) is 0 Å². The smallest absolute Gasteiger partial charge is 0.244 e. The monoisotopic (exact) mass is 366 g/mol. The molecule has 2 aliphatic rings. The van der Waals surface area contributed by atoms with Crippen molar-refractivity contribution in [2.75, 3.05) is 39.8 Å². The highest BCUT2D eigenvalue weighted by Gasteiger charge is 2.45. The summed E-state index contributed by atoms with van der Waals surface area (Å²) in [6.07, 6.45) is 4.93. The van der Waals surface area contributed by atoms with Gasteiger partial charge in [-0.15, -0.1) is 0 Å². The predicted molar refractivity (Wildman–Crippen MR) is 94.5 cm³/mol. The van der Waals surface area contributed by atoms with E-state index in [1.165, 1.54) is 6.20 Å². The largest absolute Gasteiger partial charge is 0.343 e. The molecule has 0 N–H and O–H groups in total. The fourth-order valence-electron chi connectivity index (χ4n) is 3.85. The number of likely N-dealkylation sites (tertiary alicyclic amines) is 1. The van der Waals surface area contributed by atoms with Gasteiger partial charge in [-0.2, -0.15) is 4.31 Å². The van der Waals surface area contributed by atoms with Crippen LogP contribution in [0.5, 0.6) is 0 Å². The van der Waals surface area contributed by atoms with Crippen molar-refractivity contribution in [1.29, 1.82) is 0 Å². The summed E-state index contributed by atoms with van der Waals surface area (Å²) < 4.78 is 27.5. The van der Waals surface area contributed by atoms with E-state index in [1.807, 2.05) is 18.9 Å². The van der Waals surface area contributed by atoms with Crippen LogP contribution < -0.4 is 0 Å². The highest BCUT2D eigenvalue weighted by Crippen LogP contribution is 2.34. The topological polar surface area (TPSA) is 73.8 Å². The minimum Gasteiger partial charge on any atom is -0.343 e. The molecule has 3 heterocycles. The molecule has 1 aromatic heterocycles. The van der Waals surface area contributed by atoms with Crippen LogP contribution in [-0.4, -0.2) is 78.7 Å². The van der Waals surface area contributed by atoms with Gasteiger partial charge in [-0.25, -0.2) is 8.42 Å². The average molecular weight is 366 g/mol. The van der Waals surface area contributed by atoms with E-state index >= 15 is 0 Å². The summed E-state index contributed by atoms with van der Waals surface area (Å²) in [4.78, 5) is 20.5. The van der Waals surface area contributed by atoms with E-state index in [1.54, 1.807) is 22.6 Å². The summed E-state index contributed by atoms with van der Waals surface area (Å²) in [5.41, 5.74) is -0.285. The van der Waals surface area contributed by atoms with Crippen molar-refractivity contribution in [3.05, 3.63) is 24.5 Å². The maximum atomic E-state index is 13.0. The molecule has 0 radical (unpaired) electrons. The Bertz CT molecular complexity index is 725. The SMILES string of the molecule is CCN1CC[C@@]2(CCC1=O)CN(S(=O)(=O)c1cccnc1)CCN2C. The van der Waals surface area contributed by atoms with E-state index in [0.29, 0.717) is 45.6 Å². The maximum absolute atomic E-state index is 13.0. The molecule has 2 fully saturated rings. The molecule has 1 spiro atoms. The van der Waals surface area contributed by atoms with Crippen molar-refractivity contribution in [3.8, 4) is 0 Å².